The largest absolute Gasteiger partial charge is 0.324 e. The van der Waals surface area contributed by atoms with Crippen molar-refractivity contribution in [1.29, 1.82) is 0 Å². The summed E-state index contributed by atoms with van der Waals surface area (Å²) in [6, 6.07) is 27.0. The number of anilines is 2. The van der Waals surface area contributed by atoms with E-state index in [1.54, 1.807) is 68.0 Å². The number of carbonyl (C=O) groups excluding carboxylic acids is 2. The Morgan fingerprint density at radius 1 is 0.492 bits per heavy atom. The van der Waals surface area contributed by atoms with Gasteiger partial charge in [-0.3, -0.25) is 39.5 Å². The molecule has 7 heterocycles. The number of amides is 2. The molecule has 59 heavy (non-hydrogen) atoms. The van der Waals surface area contributed by atoms with Crippen molar-refractivity contribution in [2.45, 2.75) is 33.6 Å². The number of pyridine rings is 5. The van der Waals surface area contributed by atoms with E-state index >= 15 is 0 Å². The maximum absolute atomic E-state index is 12.4. The van der Waals surface area contributed by atoms with Gasteiger partial charge in [0.1, 0.15) is 5.82 Å². The lowest BCUT2D eigenvalue weighted by Gasteiger charge is -2.09. The molecule has 290 valence electrons. The van der Waals surface area contributed by atoms with Crippen molar-refractivity contribution < 1.29 is 9.59 Å². The first-order valence-electron chi connectivity index (χ1n) is 18.7. The summed E-state index contributed by atoms with van der Waals surface area (Å²) in [5.41, 5.74) is 12.4. The van der Waals surface area contributed by atoms with Gasteiger partial charge in [-0.2, -0.15) is 10.2 Å². The number of benzene rings is 1. The molecule has 0 aliphatic carbocycles. The molecule has 0 spiro atoms. The van der Waals surface area contributed by atoms with Gasteiger partial charge in [0, 0.05) is 65.1 Å². The van der Waals surface area contributed by atoms with Crippen molar-refractivity contribution in [3.8, 4) is 45.0 Å². The Bertz CT molecular complexity index is 2660. The lowest BCUT2D eigenvalue weighted by atomic mass is 10.0. The van der Waals surface area contributed by atoms with Gasteiger partial charge in [0.15, 0.2) is 0 Å². The van der Waals surface area contributed by atoms with Crippen molar-refractivity contribution >= 4 is 23.3 Å². The lowest BCUT2D eigenvalue weighted by Crippen LogP contribution is -2.15. The molecule has 0 saturated heterocycles. The predicted octanol–water partition coefficient (Wildman–Crippen LogP) is 7.88. The minimum Gasteiger partial charge on any atom is -0.324 e. The second-order valence-electron chi connectivity index (χ2n) is 13.6. The molecule has 7 aromatic heterocycles. The maximum atomic E-state index is 12.4. The van der Waals surface area contributed by atoms with E-state index in [0.717, 1.165) is 73.0 Å². The first-order chi connectivity index (χ1) is 28.8. The van der Waals surface area contributed by atoms with E-state index in [2.05, 4.69) is 55.7 Å². The monoisotopic (exact) mass is 777 g/mol. The van der Waals surface area contributed by atoms with Crippen LogP contribution in [0, 0.1) is 20.8 Å². The SMILES string of the molecule is Cc1cc(-c2ncc(CC(=O)Nc3ccc(-c4cnccn4)cn3)cc2C)ccn1.Cc1cc(CC(=O)Nc2ccc(-c3ccccc3)nc2)cnc1-c1ccnnc1. The third-order valence-corrected chi connectivity index (χ3v) is 9.03. The minimum absolute atomic E-state index is 0.112. The highest BCUT2D eigenvalue weighted by molar-refractivity contribution is 5.92. The first kappa shape index (κ1) is 39.3. The highest BCUT2D eigenvalue weighted by atomic mass is 16.2. The fourth-order valence-electron chi connectivity index (χ4n) is 6.27. The average molecular weight is 778 g/mol. The Morgan fingerprint density at radius 3 is 1.83 bits per heavy atom. The topological polar surface area (TPSA) is 174 Å². The summed E-state index contributed by atoms with van der Waals surface area (Å²) in [4.78, 5) is 55.1. The van der Waals surface area contributed by atoms with Gasteiger partial charge in [0.05, 0.1) is 66.1 Å². The summed E-state index contributed by atoms with van der Waals surface area (Å²) in [5.74, 6) is 0.225. The van der Waals surface area contributed by atoms with Gasteiger partial charge in [-0.1, -0.05) is 42.5 Å². The van der Waals surface area contributed by atoms with E-state index in [4.69, 9.17) is 0 Å². The molecule has 0 aliphatic rings. The van der Waals surface area contributed by atoms with Gasteiger partial charge in [0.25, 0.3) is 0 Å². The molecule has 0 radical (unpaired) electrons. The Balaban J connectivity index is 0.000000179. The van der Waals surface area contributed by atoms with E-state index in [0.29, 0.717) is 11.5 Å². The highest BCUT2D eigenvalue weighted by Gasteiger charge is 2.12. The van der Waals surface area contributed by atoms with E-state index in [1.807, 2.05) is 99.6 Å². The molecule has 0 unspecified atom stereocenters. The summed E-state index contributed by atoms with van der Waals surface area (Å²) in [7, 11) is 0. The fourth-order valence-corrected chi connectivity index (χ4v) is 6.27. The van der Waals surface area contributed by atoms with E-state index in [1.165, 1.54) is 0 Å². The minimum atomic E-state index is -0.150. The number of rotatable bonds is 10. The number of aromatic nitrogens is 9. The number of hydrogen-bond acceptors (Lipinski definition) is 11. The smallest absolute Gasteiger partial charge is 0.230 e. The normalized spacial score (nSPS) is 10.6. The maximum Gasteiger partial charge on any atom is 0.230 e. The predicted molar refractivity (Wildman–Crippen MR) is 227 cm³/mol. The fraction of sp³-hybridized carbons (Fsp3) is 0.109. The van der Waals surface area contributed by atoms with E-state index < -0.39 is 0 Å². The molecular weight excluding hydrogens is 739 g/mol. The summed E-state index contributed by atoms with van der Waals surface area (Å²) >= 11 is 0. The highest BCUT2D eigenvalue weighted by Crippen LogP contribution is 2.24. The molecule has 8 aromatic rings. The van der Waals surface area contributed by atoms with Crippen molar-refractivity contribution in [1.82, 2.24) is 45.1 Å². The number of hydrogen-bond donors (Lipinski definition) is 2. The van der Waals surface area contributed by atoms with Crippen molar-refractivity contribution in [2.75, 3.05) is 10.6 Å². The van der Waals surface area contributed by atoms with Gasteiger partial charge in [-0.25, -0.2) is 4.98 Å². The zero-order valence-corrected chi connectivity index (χ0v) is 32.6. The molecule has 2 N–H and O–H groups in total. The molecule has 0 aliphatic heterocycles. The molecule has 0 fully saturated rings. The Hall–Kier alpha value is -7.93. The van der Waals surface area contributed by atoms with Crippen LogP contribution in [-0.4, -0.2) is 56.9 Å². The molecule has 0 atom stereocenters. The van der Waals surface area contributed by atoms with Crippen LogP contribution in [0.1, 0.15) is 27.9 Å². The summed E-state index contributed by atoms with van der Waals surface area (Å²) in [6.45, 7) is 5.91. The van der Waals surface area contributed by atoms with E-state index in [9.17, 15) is 9.59 Å². The second kappa shape index (κ2) is 18.8. The van der Waals surface area contributed by atoms with Gasteiger partial charge in [-0.15, -0.1) is 0 Å². The van der Waals surface area contributed by atoms with Gasteiger partial charge >= 0.3 is 0 Å². The number of aryl methyl sites for hydroxylation is 3. The van der Waals surface area contributed by atoms with Crippen molar-refractivity contribution in [3.05, 3.63) is 175 Å². The average Bonchev–Trinajstić information content (AvgIpc) is 3.25. The first-order valence-corrected chi connectivity index (χ1v) is 18.7. The molecule has 1 aromatic carbocycles. The summed E-state index contributed by atoms with van der Waals surface area (Å²) in [6.07, 6.45) is 17.2. The number of carbonyl (C=O) groups is 2. The third-order valence-electron chi connectivity index (χ3n) is 9.03. The van der Waals surface area contributed by atoms with Gasteiger partial charge < -0.3 is 10.6 Å². The molecule has 8 rings (SSSR count). The second-order valence-corrected chi connectivity index (χ2v) is 13.6. The molecule has 13 nitrogen and oxygen atoms in total. The van der Waals surface area contributed by atoms with Crippen LogP contribution in [0.4, 0.5) is 11.5 Å². The lowest BCUT2D eigenvalue weighted by molar-refractivity contribution is -0.116. The molecule has 0 saturated carbocycles. The molecule has 13 heteroatoms. The van der Waals surface area contributed by atoms with Crippen LogP contribution in [0.15, 0.2) is 147 Å². The summed E-state index contributed by atoms with van der Waals surface area (Å²) < 4.78 is 0. The van der Waals surface area contributed by atoms with Crippen LogP contribution >= 0.6 is 0 Å². The molecule has 0 bridgehead atoms. The Kier molecular flexibility index (Phi) is 12.5. The zero-order valence-electron chi connectivity index (χ0n) is 32.6. The number of nitrogens with one attached hydrogen (secondary N) is 2. The summed E-state index contributed by atoms with van der Waals surface area (Å²) in [5, 5.41) is 13.4. The van der Waals surface area contributed by atoms with Crippen LogP contribution in [0.3, 0.4) is 0 Å². The quantitative estimate of drug-likeness (QED) is 0.138. The third kappa shape index (κ3) is 10.7. The molecule has 2 amide bonds. The number of nitrogens with zero attached hydrogens (tertiary/aromatic N) is 9. The molecular formula is C46H39N11O2. The van der Waals surface area contributed by atoms with Crippen molar-refractivity contribution in [2.24, 2.45) is 0 Å². The van der Waals surface area contributed by atoms with Crippen LogP contribution in [0.2, 0.25) is 0 Å². The van der Waals surface area contributed by atoms with Gasteiger partial charge in [-0.05, 0) is 85.5 Å². The van der Waals surface area contributed by atoms with Crippen molar-refractivity contribution in [3.63, 3.8) is 0 Å². The Morgan fingerprint density at radius 2 is 1.22 bits per heavy atom. The van der Waals surface area contributed by atoms with Crippen LogP contribution in [0.5, 0.6) is 0 Å². The van der Waals surface area contributed by atoms with Crippen LogP contribution in [-0.2, 0) is 22.4 Å². The van der Waals surface area contributed by atoms with Crippen LogP contribution in [0.25, 0.3) is 45.0 Å². The Labute approximate surface area is 341 Å². The van der Waals surface area contributed by atoms with Crippen LogP contribution < -0.4 is 10.6 Å². The van der Waals surface area contributed by atoms with Gasteiger partial charge in [0.2, 0.25) is 11.8 Å². The standard InChI is InChI=1S/C23H20N6O.C23H19N5O/c1-15-9-17(12-28-23(15)18-5-6-25-16(2)10-18)11-22(30)29-21-4-3-19(13-27-21)20-14-24-7-8-26-20;1-16-11-17(13-25-23(16)19-9-10-26-27-14-19)12-22(29)28-20-7-8-21(24-15-20)18-5-3-2-4-6-18/h3-10,12-14H,11H2,1-2H3,(H,27,29,30);2-11,13-15H,12H2,1H3,(H,28,29). The van der Waals surface area contributed by atoms with E-state index in [-0.39, 0.29) is 24.7 Å². The zero-order chi connectivity index (χ0) is 41.0.